The van der Waals surface area contributed by atoms with Crippen molar-refractivity contribution in [3.8, 4) is 0 Å². The van der Waals surface area contributed by atoms with Gasteiger partial charge in [0.2, 0.25) is 5.91 Å². The van der Waals surface area contributed by atoms with Crippen LogP contribution in [0.15, 0.2) is 24.3 Å². The minimum atomic E-state index is -0.166. The smallest absolute Gasteiger partial charge is 0.248 e. The Kier molecular flexibility index (Phi) is 3.58. The second-order valence-electron chi connectivity index (χ2n) is 4.22. The standard InChI is InChI=1S/C14H16N2O2/c1-9-11-6-4-5-7-13(11)15-10(2)12(9)8-14(17)16-18-3/h4-7H,8H2,1-3H3,(H,16,17). The van der Waals surface area contributed by atoms with E-state index in [1.54, 1.807) is 0 Å². The number of pyridine rings is 1. The molecule has 0 atom stereocenters. The molecule has 94 valence electrons. The molecule has 4 heteroatoms. The normalized spacial score (nSPS) is 10.6. The molecule has 2 rings (SSSR count). The number of aryl methyl sites for hydroxylation is 2. The number of aromatic nitrogens is 1. The molecule has 0 saturated carbocycles. The van der Waals surface area contributed by atoms with Crippen LogP contribution < -0.4 is 5.48 Å². The highest BCUT2D eigenvalue weighted by Crippen LogP contribution is 2.22. The highest BCUT2D eigenvalue weighted by molar-refractivity contribution is 5.86. The van der Waals surface area contributed by atoms with Gasteiger partial charge in [0, 0.05) is 11.1 Å². The van der Waals surface area contributed by atoms with Gasteiger partial charge in [-0.25, -0.2) is 5.48 Å². The van der Waals surface area contributed by atoms with Gasteiger partial charge in [-0.2, -0.15) is 0 Å². The first-order chi connectivity index (χ1) is 8.63. The molecule has 0 aliphatic rings. The SMILES string of the molecule is CONC(=O)Cc1c(C)nc2ccccc2c1C. The van der Waals surface area contributed by atoms with E-state index in [0.717, 1.165) is 27.7 Å². The number of para-hydroxylation sites is 1. The third kappa shape index (κ3) is 2.33. The molecule has 0 aliphatic heterocycles. The Morgan fingerprint density at radius 3 is 2.78 bits per heavy atom. The van der Waals surface area contributed by atoms with Crippen LogP contribution in [0, 0.1) is 13.8 Å². The van der Waals surface area contributed by atoms with Gasteiger partial charge in [0.25, 0.3) is 0 Å². The van der Waals surface area contributed by atoms with Gasteiger partial charge in [0.1, 0.15) is 0 Å². The molecule has 1 N–H and O–H groups in total. The van der Waals surface area contributed by atoms with Gasteiger partial charge in [-0.3, -0.25) is 14.6 Å². The lowest BCUT2D eigenvalue weighted by Crippen LogP contribution is -2.24. The van der Waals surface area contributed by atoms with Crippen LogP contribution in [0.2, 0.25) is 0 Å². The van der Waals surface area contributed by atoms with Crippen molar-refractivity contribution in [2.45, 2.75) is 20.3 Å². The average molecular weight is 244 g/mol. The van der Waals surface area contributed by atoms with E-state index in [-0.39, 0.29) is 12.3 Å². The van der Waals surface area contributed by atoms with E-state index < -0.39 is 0 Å². The molecule has 0 radical (unpaired) electrons. The van der Waals surface area contributed by atoms with Crippen molar-refractivity contribution in [2.24, 2.45) is 0 Å². The number of hydrogen-bond donors (Lipinski definition) is 1. The largest absolute Gasteiger partial charge is 0.277 e. The minimum absolute atomic E-state index is 0.166. The van der Waals surface area contributed by atoms with Gasteiger partial charge in [-0.1, -0.05) is 18.2 Å². The second kappa shape index (κ2) is 5.14. The highest BCUT2D eigenvalue weighted by atomic mass is 16.6. The van der Waals surface area contributed by atoms with Crippen LogP contribution in [-0.2, 0) is 16.1 Å². The minimum Gasteiger partial charge on any atom is -0.277 e. The Morgan fingerprint density at radius 2 is 2.06 bits per heavy atom. The predicted molar refractivity (Wildman–Crippen MR) is 70.1 cm³/mol. The first kappa shape index (κ1) is 12.5. The molecule has 0 fully saturated rings. The summed E-state index contributed by atoms with van der Waals surface area (Å²) < 4.78 is 0. The molecule has 1 amide bonds. The van der Waals surface area contributed by atoms with E-state index >= 15 is 0 Å². The summed E-state index contributed by atoms with van der Waals surface area (Å²) in [6.45, 7) is 3.95. The Morgan fingerprint density at radius 1 is 1.33 bits per heavy atom. The van der Waals surface area contributed by atoms with E-state index in [1.807, 2.05) is 38.1 Å². The van der Waals surface area contributed by atoms with Crippen LogP contribution in [0.3, 0.4) is 0 Å². The average Bonchev–Trinajstić information content (AvgIpc) is 2.35. The fourth-order valence-electron chi connectivity index (χ4n) is 2.14. The van der Waals surface area contributed by atoms with Crippen LogP contribution in [0.25, 0.3) is 10.9 Å². The molecule has 4 nitrogen and oxygen atoms in total. The van der Waals surface area contributed by atoms with Gasteiger partial charge in [0.15, 0.2) is 0 Å². The molecular weight excluding hydrogens is 228 g/mol. The van der Waals surface area contributed by atoms with Crippen molar-refractivity contribution in [3.05, 3.63) is 41.1 Å². The van der Waals surface area contributed by atoms with Gasteiger partial charge in [-0.05, 0) is 31.0 Å². The zero-order valence-corrected chi connectivity index (χ0v) is 10.8. The fraction of sp³-hybridized carbons (Fsp3) is 0.286. The molecular formula is C14H16N2O2. The number of rotatable bonds is 3. The van der Waals surface area contributed by atoms with Gasteiger partial charge < -0.3 is 0 Å². The third-order valence-corrected chi connectivity index (χ3v) is 3.04. The zero-order chi connectivity index (χ0) is 13.1. The summed E-state index contributed by atoms with van der Waals surface area (Å²) in [5.74, 6) is -0.166. The molecule has 1 aromatic heterocycles. The summed E-state index contributed by atoms with van der Waals surface area (Å²) in [5.41, 5.74) is 6.24. The number of carbonyl (C=O) groups is 1. The lowest BCUT2D eigenvalue weighted by molar-refractivity contribution is -0.130. The number of nitrogens with one attached hydrogen (secondary N) is 1. The topological polar surface area (TPSA) is 51.2 Å². The molecule has 2 aromatic rings. The number of carbonyl (C=O) groups excluding carboxylic acids is 1. The second-order valence-corrected chi connectivity index (χ2v) is 4.22. The quantitative estimate of drug-likeness (QED) is 0.841. The molecule has 0 aliphatic carbocycles. The van der Waals surface area contributed by atoms with Gasteiger partial charge in [0.05, 0.1) is 19.0 Å². The zero-order valence-electron chi connectivity index (χ0n) is 10.8. The number of amides is 1. The van der Waals surface area contributed by atoms with Crippen molar-refractivity contribution >= 4 is 16.8 Å². The van der Waals surface area contributed by atoms with E-state index in [4.69, 9.17) is 0 Å². The summed E-state index contributed by atoms with van der Waals surface area (Å²) in [4.78, 5) is 20.7. The highest BCUT2D eigenvalue weighted by Gasteiger charge is 2.12. The fourth-order valence-corrected chi connectivity index (χ4v) is 2.14. The summed E-state index contributed by atoms with van der Waals surface area (Å²) in [6, 6.07) is 7.94. The van der Waals surface area contributed by atoms with Crippen molar-refractivity contribution in [1.82, 2.24) is 10.5 Å². The van der Waals surface area contributed by atoms with Crippen molar-refractivity contribution in [1.29, 1.82) is 0 Å². The maximum atomic E-state index is 11.6. The first-order valence-electron chi connectivity index (χ1n) is 5.80. The summed E-state index contributed by atoms with van der Waals surface area (Å²) in [7, 11) is 1.43. The molecule has 1 heterocycles. The van der Waals surface area contributed by atoms with Crippen molar-refractivity contribution in [2.75, 3.05) is 7.11 Å². The van der Waals surface area contributed by atoms with E-state index in [0.29, 0.717) is 0 Å². The summed E-state index contributed by atoms with van der Waals surface area (Å²) >= 11 is 0. The van der Waals surface area contributed by atoms with Crippen molar-refractivity contribution < 1.29 is 9.63 Å². The Balaban J connectivity index is 2.47. The van der Waals surface area contributed by atoms with Gasteiger partial charge >= 0.3 is 0 Å². The lowest BCUT2D eigenvalue weighted by Gasteiger charge is -2.12. The lowest BCUT2D eigenvalue weighted by atomic mass is 9.99. The van der Waals surface area contributed by atoms with Crippen LogP contribution in [0.4, 0.5) is 0 Å². The van der Waals surface area contributed by atoms with Gasteiger partial charge in [-0.15, -0.1) is 0 Å². The number of benzene rings is 1. The summed E-state index contributed by atoms with van der Waals surface area (Å²) in [5, 5.41) is 1.09. The number of nitrogens with zero attached hydrogens (tertiary/aromatic N) is 1. The Labute approximate surface area is 106 Å². The van der Waals surface area contributed by atoms with Crippen LogP contribution in [-0.4, -0.2) is 18.0 Å². The monoisotopic (exact) mass is 244 g/mol. The Hall–Kier alpha value is -1.94. The number of fused-ring (bicyclic) bond motifs is 1. The number of hydroxylamine groups is 1. The maximum Gasteiger partial charge on any atom is 0.248 e. The Bertz CT molecular complexity index is 594. The van der Waals surface area contributed by atoms with Crippen LogP contribution >= 0.6 is 0 Å². The predicted octanol–water partition coefficient (Wildman–Crippen LogP) is 2.07. The molecule has 18 heavy (non-hydrogen) atoms. The van der Waals surface area contributed by atoms with E-state index in [9.17, 15) is 4.79 Å². The summed E-state index contributed by atoms with van der Waals surface area (Å²) in [6.07, 6.45) is 0.281. The van der Waals surface area contributed by atoms with E-state index in [2.05, 4.69) is 15.3 Å². The van der Waals surface area contributed by atoms with E-state index in [1.165, 1.54) is 7.11 Å². The molecule has 0 unspecified atom stereocenters. The molecule has 1 aromatic carbocycles. The molecule has 0 spiro atoms. The first-order valence-corrected chi connectivity index (χ1v) is 5.80. The van der Waals surface area contributed by atoms with Crippen LogP contribution in [0.5, 0.6) is 0 Å². The molecule has 0 saturated heterocycles. The third-order valence-electron chi connectivity index (χ3n) is 3.04. The number of hydrogen-bond acceptors (Lipinski definition) is 3. The van der Waals surface area contributed by atoms with Crippen molar-refractivity contribution in [3.63, 3.8) is 0 Å². The maximum absolute atomic E-state index is 11.6. The molecule has 0 bridgehead atoms. The van der Waals surface area contributed by atoms with Crippen LogP contribution in [0.1, 0.15) is 16.8 Å².